The lowest BCUT2D eigenvalue weighted by molar-refractivity contribution is -0.138. The van der Waals surface area contributed by atoms with Gasteiger partial charge in [-0.2, -0.15) is 0 Å². The van der Waals surface area contributed by atoms with Crippen LogP contribution in [0.2, 0.25) is 0 Å². The highest BCUT2D eigenvalue weighted by molar-refractivity contribution is 5.76. The van der Waals surface area contributed by atoms with E-state index in [9.17, 15) is 4.79 Å². The molecule has 0 aliphatic rings. The molecule has 3 nitrogen and oxygen atoms in total. The van der Waals surface area contributed by atoms with Crippen LogP contribution < -0.4 is 0 Å². The van der Waals surface area contributed by atoms with Gasteiger partial charge in [-0.25, -0.2) is 0 Å². The molecule has 0 spiro atoms. The molecule has 1 N–H and O–H groups in total. The Morgan fingerprint density at radius 3 is 2.73 bits per heavy atom. The van der Waals surface area contributed by atoms with E-state index in [2.05, 4.69) is 0 Å². The average Bonchev–Trinajstić information content (AvgIpc) is 2.25. The first kappa shape index (κ1) is 11.7. The summed E-state index contributed by atoms with van der Waals surface area (Å²) < 4.78 is 5.30. The van der Waals surface area contributed by atoms with E-state index in [4.69, 9.17) is 9.84 Å². The molecule has 1 aromatic rings. The van der Waals surface area contributed by atoms with Gasteiger partial charge in [-0.1, -0.05) is 24.3 Å². The Morgan fingerprint density at radius 1 is 1.47 bits per heavy atom. The number of carbonyl (C=O) groups is 1. The highest BCUT2D eigenvalue weighted by atomic mass is 16.5. The zero-order valence-electron chi connectivity index (χ0n) is 9.06. The molecule has 0 aliphatic heterocycles. The number of hydrogen-bond donors (Lipinski definition) is 1. The predicted molar refractivity (Wildman–Crippen MR) is 57.8 cm³/mol. The van der Waals surface area contributed by atoms with Gasteiger partial charge in [0.15, 0.2) is 0 Å². The zero-order chi connectivity index (χ0) is 11.3. The highest BCUT2D eigenvalue weighted by Crippen LogP contribution is 2.20. The van der Waals surface area contributed by atoms with E-state index in [1.165, 1.54) is 0 Å². The minimum absolute atomic E-state index is 0.476. The van der Waals surface area contributed by atoms with E-state index in [1.807, 2.05) is 31.2 Å². The molecule has 1 unspecified atom stereocenters. The summed E-state index contributed by atoms with van der Waals surface area (Å²) in [6, 6.07) is 7.49. The second-order valence-corrected chi connectivity index (χ2v) is 3.40. The molecule has 1 aromatic carbocycles. The van der Waals surface area contributed by atoms with Crippen LogP contribution >= 0.6 is 0 Å². The maximum absolute atomic E-state index is 10.9. The standard InChI is InChI=1S/C12H16O3/c1-3-15-8-10-6-4-5-7-11(10)9(2)12(13)14/h4-7,9H,3,8H2,1-2H3,(H,13,14). The van der Waals surface area contributed by atoms with Crippen molar-refractivity contribution in [2.24, 2.45) is 0 Å². The Kier molecular flexibility index (Phi) is 4.31. The summed E-state index contributed by atoms with van der Waals surface area (Å²) in [6.07, 6.45) is 0. The van der Waals surface area contributed by atoms with Crippen molar-refractivity contribution in [3.05, 3.63) is 35.4 Å². The maximum Gasteiger partial charge on any atom is 0.310 e. The van der Waals surface area contributed by atoms with Crippen LogP contribution in [0.15, 0.2) is 24.3 Å². The first-order valence-corrected chi connectivity index (χ1v) is 5.05. The van der Waals surface area contributed by atoms with Crippen LogP contribution in [-0.2, 0) is 16.1 Å². The molecule has 0 radical (unpaired) electrons. The molecule has 0 saturated carbocycles. The normalized spacial score (nSPS) is 12.4. The first-order valence-electron chi connectivity index (χ1n) is 5.05. The Balaban J connectivity index is 2.90. The molecule has 0 fully saturated rings. The molecule has 1 rings (SSSR count). The maximum atomic E-state index is 10.9. The molecule has 15 heavy (non-hydrogen) atoms. The minimum Gasteiger partial charge on any atom is -0.481 e. The van der Waals surface area contributed by atoms with Crippen LogP contribution in [0.1, 0.15) is 30.9 Å². The fourth-order valence-electron chi connectivity index (χ4n) is 1.43. The van der Waals surface area contributed by atoms with E-state index >= 15 is 0 Å². The minimum atomic E-state index is -0.807. The SMILES string of the molecule is CCOCc1ccccc1C(C)C(=O)O. The first-order chi connectivity index (χ1) is 7.16. The summed E-state index contributed by atoms with van der Waals surface area (Å²) in [5.41, 5.74) is 1.78. The lowest BCUT2D eigenvalue weighted by Gasteiger charge is -2.12. The van der Waals surface area contributed by atoms with E-state index in [-0.39, 0.29) is 0 Å². The third-order valence-corrected chi connectivity index (χ3v) is 2.35. The number of aliphatic carboxylic acids is 1. The third-order valence-electron chi connectivity index (χ3n) is 2.35. The molecule has 82 valence electrons. The van der Waals surface area contributed by atoms with Gasteiger partial charge in [0.25, 0.3) is 0 Å². The van der Waals surface area contributed by atoms with Gasteiger partial charge in [0.05, 0.1) is 12.5 Å². The van der Waals surface area contributed by atoms with Crippen molar-refractivity contribution in [1.82, 2.24) is 0 Å². The number of carboxylic acid groups (broad SMARTS) is 1. The number of ether oxygens (including phenoxy) is 1. The summed E-state index contributed by atoms with van der Waals surface area (Å²) in [7, 11) is 0. The number of hydrogen-bond acceptors (Lipinski definition) is 2. The van der Waals surface area contributed by atoms with Gasteiger partial charge in [0, 0.05) is 6.61 Å². The van der Waals surface area contributed by atoms with Crippen LogP contribution in [0.3, 0.4) is 0 Å². The molecule has 0 amide bonds. The fourth-order valence-corrected chi connectivity index (χ4v) is 1.43. The van der Waals surface area contributed by atoms with E-state index < -0.39 is 11.9 Å². The Morgan fingerprint density at radius 2 is 2.13 bits per heavy atom. The van der Waals surface area contributed by atoms with Crippen molar-refractivity contribution in [3.63, 3.8) is 0 Å². The van der Waals surface area contributed by atoms with Crippen LogP contribution in [0, 0.1) is 0 Å². The van der Waals surface area contributed by atoms with Gasteiger partial charge in [0.2, 0.25) is 0 Å². The number of carboxylic acids is 1. The topological polar surface area (TPSA) is 46.5 Å². The van der Waals surface area contributed by atoms with Crippen molar-refractivity contribution in [2.45, 2.75) is 26.4 Å². The van der Waals surface area contributed by atoms with Gasteiger partial charge >= 0.3 is 5.97 Å². The smallest absolute Gasteiger partial charge is 0.310 e. The van der Waals surface area contributed by atoms with Gasteiger partial charge in [-0.3, -0.25) is 4.79 Å². The molecule has 0 aliphatic carbocycles. The molecule has 0 heterocycles. The summed E-state index contributed by atoms with van der Waals surface area (Å²) >= 11 is 0. The largest absolute Gasteiger partial charge is 0.481 e. The lowest BCUT2D eigenvalue weighted by atomic mass is 9.96. The van der Waals surface area contributed by atoms with Gasteiger partial charge in [0.1, 0.15) is 0 Å². The zero-order valence-corrected chi connectivity index (χ0v) is 9.06. The van der Waals surface area contributed by atoms with Gasteiger partial charge in [-0.15, -0.1) is 0 Å². The van der Waals surface area contributed by atoms with E-state index in [0.717, 1.165) is 11.1 Å². The van der Waals surface area contributed by atoms with E-state index in [0.29, 0.717) is 13.2 Å². The van der Waals surface area contributed by atoms with Gasteiger partial charge < -0.3 is 9.84 Å². The summed E-state index contributed by atoms with van der Waals surface area (Å²) in [5, 5.41) is 8.94. The molecule has 3 heteroatoms. The van der Waals surface area contributed by atoms with Crippen molar-refractivity contribution >= 4 is 5.97 Å². The Bertz CT molecular complexity index is 333. The summed E-state index contributed by atoms with van der Waals surface area (Å²) in [4.78, 5) is 10.9. The van der Waals surface area contributed by atoms with Crippen LogP contribution in [0.4, 0.5) is 0 Å². The van der Waals surface area contributed by atoms with Crippen LogP contribution in [0.5, 0.6) is 0 Å². The fraction of sp³-hybridized carbons (Fsp3) is 0.417. The monoisotopic (exact) mass is 208 g/mol. The number of benzene rings is 1. The van der Waals surface area contributed by atoms with Crippen molar-refractivity contribution < 1.29 is 14.6 Å². The van der Waals surface area contributed by atoms with Gasteiger partial charge in [-0.05, 0) is 25.0 Å². The summed E-state index contributed by atoms with van der Waals surface area (Å²) in [5.74, 6) is -1.29. The van der Waals surface area contributed by atoms with Crippen LogP contribution in [-0.4, -0.2) is 17.7 Å². The molecule has 0 aromatic heterocycles. The van der Waals surface area contributed by atoms with Crippen molar-refractivity contribution in [3.8, 4) is 0 Å². The second-order valence-electron chi connectivity index (χ2n) is 3.40. The Labute approximate surface area is 89.7 Å². The molecule has 1 atom stereocenters. The lowest BCUT2D eigenvalue weighted by Crippen LogP contribution is -2.10. The number of rotatable bonds is 5. The van der Waals surface area contributed by atoms with E-state index in [1.54, 1.807) is 6.92 Å². The molecule has 0 saturated heterocycles. The average molecular weight is 208 g/mol. The van der Waals surface area contributed by atoms with Crippen molar-refractivity contribution in [2.75, 3.05) is 6.61 Å². The van der Waals surface area contributed by atoms with Crippen molar-refractivity contribution in [1.29, 1.82) is 0 Å². The molecule has 0 bridgehead atoms. The third kappa shape index (κ3) is 3.06. The predicted octanol–water partition coefficient (Wildman–Crippen LogP) is 2.41. The quantitative estimate of drug-likeness (QED) is 0.808. The summed E-state index contributed by atoms with van der Waals surface area (Å²) in [6.45, 7) is 4.72. The molecular formula is C12H16O3. The van der Waals surface area contributed by atoms with Crippen LogP contribution in [0.25, 0.3) is 0 Å². The second kappa shape index (κ2) is 5.51. The Hall–Kier alpha value is -1.35. The molecular weight excluding hydrogens is 192 g/mol. The highest BCUT2D eigenvalue weighted by Gasteiger charge is 2.16.